The van der Waals surface area contributed by atoms with Gasteiger partial charge in [0, 0.05) is 11.4 Å². The number of ketones is 1. The van der Waals surface area contributed by atoms with Gasteiger partial charge >= 0.3 is 0 Å². The van der Waals surface area contributed by atoms with Crippen LogP contribution < -0.4 is 5.32 Å². The highest BCUT2D eigenvalue weighted by atomic mass is 19.3. The molecule has 0 aliphatic carbocycles. The molecule has 0 unspecified atom stereocenters. The van der Waals surface area contributed by atoms with Crippen LogP contribution in [0.3, 0.4) is 0 Å². The molecule has 10 nitrogen and oxygen atoms in total. The van der Waals surface area contributed by atoms with Crippen LogP contribution in [0.2, 0.25) is 0 Å². The lowest BCUT2D eigenvalue weighted by Crippen LogP contribution is -2.11. The van der Waals surface area contributed by atoms with Crippen molar-refractivity contribution in [3.05, 3.63) is 77.5 Å². The Hall–Kier alpha value is -5.05. The lowest BCUT2D eigenvalue weighted by Gasteiger charge is -2.11. The Labute approximate surface area is 202 Å². The van der Waals surface area contributed by atoms with E-state index >= 15 is 0 Å². The molecule has 5 rings (SSSR count). The second kappa shape index (κ2) is 8.95. The second-order valence-electron chi connectivity index (χ2n) is 7.88. The number of hydrogen-bond acceptors (Lipinski definition) is 8. The fraction of sp³-hybridized carbons (Fsp3) is 0.125. The van der Waals surface area contributed by atoms with E-state index in [1.807, 2.05) is 12.1 Å². The summed E-state index contributed by atoms with van der Waals surface area (Å²) in [5.74, 6) is 0.939. The summed E-state index contributed by atoms with van der Waals surface area (Å²) in [6.45, 7) is 3.22. The molecule has 0 radical (unpaired) electrons. The van der Waals surface area contributed by atoms with E-state index in [0.29, 0.717) is 39.9 Å². The molecule has 0 amide bonds. The van der Waals surface area contributed by atoms with Crippen LogP contribution in [-0.2, 0) is 0 Å². The number of alkyl halides is 2. The number of benzene rings is 1. The maximum absolute atomic E-state index is 12.7. The normalized spacial score (nSPS) is 11.1. The van der Waals surface area contributed by atoms with Crippen LogP contribution in [0.5, 0.6) is 0 Å². The molecule has 0 saturated heterocycles. The van der Waals surface area contributed by atoms with E-state index in [1.165, 1.54) is 23.7 Å². The number of carbonyl (C=O) groups excluding carboxylic acids is 1. The van der Waals surface area contributed by atoms with Crippen LogP contribution in [-0.4, -0.2) is 40.3 Å². The maximum Gasteiger partial charge on any atom is 0.282 e. The van der Waals surface area contributed by atoms with Crippen LogP contribution in [0, 0.1) is 18.3 Å². The number of pyridine rings is 1. The molecule has 36 heavy (non-hydrogen) atoms. The molecule has 1 N–H and O–H groups in total. The molecule has 178 valence electrons. The average Bonchev–Trinajstić information content (AvgIpc) is 3.46. The summed E-state index contributed by atoms with van der Waals surface area (Å²) >= 11 is 0. The quantitative estimate of drug-likeness (QED) is 0.349. The number of nitrogens with zero attached hydrogens (tertiary/aromatic N) is 8. The number of fused-ring (bicyclic) bond motifs is 1. The third-order valence-corrected chi connectivity index (χ3v) is 5.42. The van der Waals surface area contributed by atoms with Crippen molar-refractivity contribution in [2.75, 3.05) is 5.32 Å². The smallest absolute Gasteiger partial charge is 0.282 e. The topological polar surface area (TPSA) is 127 Å². The Balaban J connectivity index is 1.51. The number of carbonyl (C=O) groups is 1. The van der Waals surface area contributed by atoms with Crippen molar-refractivity contribution in [3.8, 4) is 17.7 Å². The minimum absolute atomic E-state index is 0.187. The molecule has 0 saturated carbocycles. The van der Waals surface area contributed by atoms with E-state index in [4.69, 9.17) is 0 Å². The third-order valence-electron chi connectivity index (χ3n) is 5.42. The first-order valence-corrected chi connectivity index (χ1v) is 10.7. The van der Waals surface area contributed by atoms with Gasteiger partial charge in [0.2, 0.25) is 0 Å². The lowest BCUT2D eigenvalue weighted by molar-refractivity contribution is 0.101. The molecular weight excluding hydrogens is 468 g/mol. The van der Waals surface area contributed by atoms with Crippen molar-refractivity contribution in [1.82, 2.24) is 34.5 Å². The molecule has 0 aliphatic rings. The SMILES string of the molecule is CC(=O)c1ccc(-n2cnc3cc(Nc4ccc(C(F)F)nn4)ccc32)nc1-n1nc(C#N)cc1C. The summed E-state index contributed by atoms with van der Waals surface area (Å²) in [7, 11) is 0. The number of halogens is 2. The minimum atomic E-state index is -2.68. The third kappa shape index (κ3) is 4.14. The van der Waals surface area contributed by atoms with Gasteiger partial charge in [0.15, 0.2) is 23.1 Å². The van der Waals surface area contributed by atoms with Crippen LogP contribution in [0.15, 0.2) is 54.9 Å². The van der Waals surface area contributed by atoms with Gasteiger partial charge in [0.05, 0.1) is 16.6 Å². The van der Waals surface area contributed by atoms with Crippen molar-refractivity contribution in [2.24, 2.45) is 0 Å². The highest BCUT2D eigenvalue weighted by Crippen LogP contribution is 2.25. The number of nitriles is 1. The molecule has 0 bridgehead atoms. The van der Waals surface area contributed by atoms with Gasteiger partial charge in [-0.2, -0.15) is 10.4 Å². The second-order valence-corrected chi connectivity index (χ2v) is 7.88. The van der Waals surface area contributed by atoms with Crippen molar-refractivity contribution < 1.29 is 13.6 Å². The molecule has 12 heteroatoms. The summed E-state index contributed by atoms with van der Waals surface area (Å²) in [5, 5.41) is 23.7. The number of nitrogens with one attached hydrogen (secondary N) is 1. The highest BCUT2D eigenvalue weighted by Gasteiger charge is 2.17. The van der Waals surface area contributed by atoms with Gasteiger partial charge in [0.25, 0.3) is 6.43 Å². The van der Waals surface area contributed by atoms with E-state index < -0.39 is 12.1 Å². The number of imidazole rings is 1. The van der Waals surface area contributed by atoms with E-state index in [9.17, 15) is 18.8 Å². The molecule has 4 heterocycles. The zero-order valence-electron chi connectivity index (χ0n) is 19.0. The molecule has 0 spiro atoms. The fourth-order valence-electron chi connectivity index (χ4n) is 3.70. The first-order valence-electron chi connectivity index (χ1n) is 10.7. The molecule has 0 fully saturated rings. The molecule has 0 atom stereocenters. The van der Waals surface area contributed by atoms with Crippen LogP contribution in [0.25, 0.3) is 22.7 Å². The molecule has 0 aliphatic heterocycles. The molecule has 4 aromatic heterocycles. The van der Waals surface area contributed by atoms with Gasteiger partial charge in [0.1, 0.15) is 23.9 Å². The van der Waals surface area contributed by atoms with Crippen LogP contribution in [0.4, 0.5) is 20.3 Å². The van der Waals surface area contributed by atoms with Gasteiger partial charge < -0.3 is 5.32 Å². The minimum Gasteiger partial charge on any atom is -0.339 e. The maximum atomic E-state index is 12.7. The summed E-state index contributed by atoms with van der Waals surface area (Å²) in [6, 6.07) is 15.0. The van der Waals surface area contributed by atoms with Crippen molar-refractivity contribution >= 4 is 28.3 Å². The standard InChI is InChI=1S/C24H17F2N9O/c1-13-9-16(11-27)33-35(13)24-17(14(2)36)4-8-22(30-24)34-12-28-19-10-15(3-6-20(19)34)29-21-7-5-18(23(25)26)31-32-21/h3-10,12,23H,1-2H3,(H,29,32). The zero-order chi connectivity index (χ0) is 25.4. The number of aryl methyl sites for hydroxylation is 1. The van der Waals surface area contributed by atoms with E-state index in [0.717, 1.165) is 5.52 Å². The number of anilines is 2. The predicted molar refractivity (Wildman–Crippen MR) is 126 cm³/mol. The summed E-state index contributed by atoms with van der Waals surface area (Å²) < 4.78 is 28.6. The molecular formula is C24H17F2N9O. The number of aromatic nitrogens is 7. The van der Waals surface area contributed by atoms with E-state index in [1.54, 1.807) is 48.1 Å². The van der Waals surface area contributed by atoms with E-state index in [-0.39, 0.29) is 11.5 Å². The molecule has 5 aromatic rings. The molecule has 1 aromatic carbocycles. The van der Waals surface area contributed by atoms with Gasteiger partial charge in [-0.1, -0.05) is 0 Å². The Bertz CT molecular complexity index is 1650. The van der Waals surface area contributed by atoms with Crippen LogP contribution >= 0.6 is 0 Å². The first kappa shape index (κ1) is 22.7. The number of Topliss-reactive ketones (excluding diaryl/α,β-unsaturated/α-hetero) is 1. The van der Waals surface area contributed by atoms with Crippen molar-refractivity contribution in [3.63, 3.8) is 0 Å². The lowest BCUT2D eigenvalue weighted by atomic mass is 10.2. The van der Waals surface area contributed by atoms with Gasteiger partial charge in [-0.15, -0.1) is 10.2 Å². The van der Waals surface area contributed by atoms with Crippen molar-refractivity contribution in [2.45, 2.75) is 20.3 Å². The highest BCUT2D eigenvalue weighted by molar-refractivity contribution is 5.97. The van der Waals surface area contributed by atoms with Crippen molar-refractivity contribution in [1.29, 1.82) is 5.26 Å². The fourth-order valence-corrected chi connectivity index (χ4v) is 3.70. The number of hydrogen-bond donors (Lipinski definition) is 1. The Morgan fingerprint density at radius 3 is 2.61 bits per heavy atom. The Morgan fingerprint density at radius 2 is 1.94 bits per heavy atom. The van der Waals surface area contributed by atoms with Crippen LogP contribution in [0.1, 0.15) is 40.8 Å². The monoisotopic (exact) mass is 485 g/mol. The van der Waals surface area contributed by atoms with Gasteiger partial charge in [-0.3, -0.25) is 9.36 Å². The average molecular weight is 485 g/mol. The zero-order valence-corrected chi connectivity index (χ0v) is 19.0. The summed E-state index contributed by atoms with van der Waals surface area (Å²) in [6.07, 6.45) is -1.09. The number of rotatable bonds is 6. The summed E-state index contributed by atoms with van der Waals surface area (Å²) in [5.41, 5.74) is 2.87. The van der Waals surface area contributed by atoms with Gasteiger partial charge in [-0.25, -0.2) is 23.4 Å². The van der Waals surface area contributed by atoms with Gasteiger partial charge in [-0.05, 0) is 62.4 Å². The summed E-state index contributed by atoms with van der Waals surface area (Å²) in [4.78, 5) is 21.4. The Morgan fingerprint density at radius 1 is 1.11 bits per heavy atom. The Kier molecular flexibility index (Phi) is 5.65. The predicted octanol–water partition coefficient (Wildman–Crippen LogP) is 4.46. The van der Waals surface area contributed by atoms with E-state index in [2.05, 4.69) is 30.6 Å². The first-order chi connectivity index (χ1) is 17.3. The largest absolute Gasteiger partial charge is 0.339 e.